The van der Waals surface area contributed by atoms with E-state index < -0.39 is 12.7 Å². The maximum Gasteiger partial charge on any atom is 0.401 e. The first-order chi connectivity index (χ1) is 9.85. The number of hydrogen-bond acceptors (Lipinski definition) is 3. The topological polar surface area (TPSA) is 32.5 Å². The SMILES string of the molecule is NC(=S)c1ccccc1CN1CCN(CC(F)(F)F)CC1. The molecule has 0 amide bonds. The number of piperazine rings is 1. The van der Waals surface area contributed by atoms with E-state index in [-0.39, 0.29) is 0 Å². The van der Waals surface area contributed by atoms with Crippen LogP contribution in [0.25, 0.3) is 0 Å². The molecule has 0 unspecified atom stereocenters. The molecule has 1 aliphatic heterocycles. The summed E-state index contributed by atoms with van der Waals surface area (Å²) >= 11 is 5.02. The predicted octanol–water partition coefficient (Wildman–Crippen LogP) is 2.00. The lowest BCUT2D eigenvalue weighted by Gasteiger charge is -2.35. The molecule has 1 fully saturated rings. The first kappa shape index (κ1) is 16.2. The van der Waals surface area contributed by atoms with Crippen molar-refractivity contribution < 1.29 is 13.2 Å². The highest BCUT2D eigenvalue weighted by Crippen LogP contribution is 2.18. The van der Waals surface area contributed by atoms with Gasteiger partial charge in [-0.3, -0.25) is 9.80 Å². The molecule has 2 N–H and O–H groups in total. The van der Waals surface area contributed by atoms with E-state index in [0.717, 1.165) is 11.1 Å². The van der Waals surface area contributed by atoms with Gasteiger partial charge >= 0.3 is 6.18 Å². The third-order valence-electron chi connectivity index (χ3n) is 3.54. The fraction of sp³-hybridized carbons (Fsp3) is 0.500. The van der Waals surface area contributed by atoms with Crippen molar-refractivity contribution in [2.24, 2.45) is 5.73 Å². The molecule has 0 atom stereocenters. The van der Waals surface area contributed by atoms with Gasteiger partial charge in [-0.2, -0.15) is 13.2 Å². The maximum atomic E-state index is 12.3. The second kappa shape index (κ2) is 6.72. The van der Waals surface area contributed by atoms with Crippen molar-refractivity contribution in [3.8, 4) is 0 Å². The summed E-state index contributed by atoms with van der Waals surface area (Å²) in [5, 5.41) is 0. The zero-order valence-electron chi connectivity index (χ0n) is 11.6. The molecule has 1 heterocycles. The van der Waals surface area contributed by atoms with Crippen LogP contribution < -0.4 is 5.73 Å². The van der Waals surface area contributed by atoms with Gasteiger partial charge in [-0.1, -0.05) is 36.5 Å². The minimum absolute atomic E-state index is 0.348. The highest BCUT2D eigenvalue weighted by molar-refractivity contribution is 7.80. The van der Waals surface area contributed by atoms with Crippen molar-refractivity contribution >= 4 is 17.2 Å². The Balaban J connectivity index is 1.91. The second-order valence-electron chi connectivity index (χ2n) is 5.19. The van der Waals surface area contributed by atoms with Gasteiger partial charge < -0.3 is 5.73 Å². The van der Waals surface area contributed by atoms with Crippen LogP contribution in [-0.2, 0) is 6.54 Å². The molecule has 0 spiro atoms. The van der Waals surface area contributed by atoms with Gasteiger partial charge in [0.15, 0.2) is 0 Å². The van der Waals surface area contributed by atoms with Gasteiger partial charge in [0.2, 0.25) is 0 Å². The lowest BCUT2D eigenvalue weighted by Crippen LogP contribution is -2.48. The number of halogens is 3. The molecule has 21 heavy (non-hydrogen) atoms. The second-order valence-corrected chi connectivity index (χ2v) is 5.63. The summed E-state index contributed by atoms with van der Waals surface area (Å²) in [6.07, 6.45) is -4.12. The predicted molar refractivity (Wildman–Crippen MR) is 80.1 cm³/mol. The van der Waals surface area contributed by atoms with Crippen LogP contribution in [0.4, 0.5) is 13.2 Å². The number of thiocarbonyl (C=S) groups is 1. The molecule has 0 bridgehead atoms. The zero-order valence-corrected chi connectivity index (χ0v) is 12.4. The summed E-state index contributed by atoms with van der Waals surface area (Å²) in [5.74, 6) is 0. The van der Waals surface area contributed by atoms with Gasteiger partial charge in [0, 0.05) is 38.3 Å². The first-order valence-electron chi connectivity index (χ1n) is 6.74. The zero-order chi connectivity index (χ0) is 15.5. The van der Waals surface area contributed by atoms with E-state index in [1.807, 2.05) is 24.3 Å². The van der Waals surface area contributed by atoms with Crippen LogP contribution in [0.15, 0.2) is 24.3 Å². The molecule has 0 aromatic heterocycles. The van der Waals surface area contributed by atoms with Crippen LogP contribution in [0.3, 0.4) is 0 Å². The van der Waals surface area contributed by atoms with Crippen LogP contribution in [0.2, 0.25) is 0 Å². The van der Waals surface area contributed by atoms with Gasteiger partial charge in [0.1, 0.15) is 4.99 Å². The molecule has 1 saturated heterocycles. The summed E-state index contributed by atoms with van der Waals surface area (Å²) in [6.45, 7) is 1.91. The van der Waals surface area contributed by atoms with Crippen LogP contribution in [0.1, 0.15) is 11.1 Å². The minimum Gasteiger partial charge on any atom is -0.389 e. The van der Waals surface area contributed by atoms with Gasteiger partial charge in [-0.25, -0.2) is 0 Å². The number of nitrogens with two attached hydrogens (primary N) is 1. The fourth-order valence-corrected chi connectivity index (χ4v) is 2.70. The summed E-state index contributed by atoms with van der Waals surface area (Å²) in [4.78, 5) is 3.92. The molecule has 1 aromatic rings. The van der Waals surface area contributed by atoms with Gasteiger partial charge in [-0.05, 0) is 5.56 Å². The third kappa shape index (κ3) is 4.94. The standard InChI is InChI=1S/C14H18F3N3S/c15-14(16,17)10-20-7-5-19(6-8-20)9-11-3-1-2-4-12(11)13(18)21/h1-4H,5-10H2,(H2,18,21). The normalized spacial score (nSPS) is 17.9. The Morgan fingerprint density at radius 2 is 1.67 bits per heavy atom. The molecule has 1 aliphatic rings. The monoisotopic (exact) mass is 317 g/mol. The lowest BCUT2D eigenvalue weighted by atomic mass is 10.1. The van der Waals surface area contributed by atoms with Crippen molar-refractivity contribution in [3.63, 3.8) is 0 Å². The van der Waals surface area contributed by atoms with E-state index in [2.05, 4.69) is 4.90 Å². The van der Waals surface area contributed by atoms with Crippen molar-refractivity contribution in [2.75, 3.05) is 32.7 Å². The number of benzene rings is 1. The minimum atomic E-state index is -4.12. The van der Waals surface area contributed by atoms with Crippen molar-refractivity contribution in [2.45, 2.75) is 12.7 Å². The lowest BCUT2D eigenvalue weighted by molar-refractivity contribution is -0.149. The number of hydrogen-bond donors (Lipinski definition) is 1. The van der Waals surface area contributed by atoms with E-state index in [1.54, 1.807) is 0 Å². The maximum absolute atomic E-state index is 12.3. The van der Waals surface area contributed by atoms with E-state index in [4.69, 9.17) is 18.0 Å². The smallest absolute Gasteiger partial charge is 0.389 e. The molecule has 116 valence electrons. The molecule has 0 saturated carbocycles. The van der Waals surface area contributed by atoms with E-state index in [1.165, 1.54) is 4.90 Å². The van der Waals surface area contributed by atoms with Crippen LogP contribution in [0.5, 0.6) is 0 Å². The molecule has 7 heteroatoms. The average molecular weight is 317 g/mol. The Kier molecular flexibility index (Phi) is 5.18. The Hall–Kier alpha value is -1.18. The number of nitrogens with zero attached hydrogens (tertiary/aromatic N) is 2. The first-order valence-corrected chi connectivity index (χ1v) is 7.15. The summed E-state index contributed by atoms with van der Waals surface area (Å²) < 4.78 is 37.0. The Morgan fingerprint density at radius 3 is 2.24 bits per heavy atom. The van der Waals surface area contributed by atoms with Crippen LogP contribution in [0, 0.1) is 0 Å². The van der Waals surface area contributed by atoms with E-state index in [9.17, 15) is 13.2 Å². The molecular formula is C14H18F3N3S. The third-order valence-corrected chi connectivity index (χ3v) is 3.76. The molecule has 0 radical (unpaired) electrons. The number of rotatable bonds is 4. The Bertz CT molecular complexity index is 496. The molecule has 3 nitrogen and oxygen atoms in total. The van der Waals surface area contributed by atoms with Crippen molar-refractivity contribution in [3.05, 3.63) is 35.4 Å². The Morgan fingerprint density at radius 1 is 1.10 bits per heavy atom. The quantitative estimate of drug-likeness (QED) is 0.861. The summed E-state index contributed by atoms with van der Waals surface area (Å²) in [7, 11) is 0. The van der Waals surface area contributed by atoms with Gasteiger partial charge in [0.05, 0.1) is 6.54 Å². The Labute approximate surface area is 127 Å². The van der Waals surface area contributed by atoms with Crippen LogP contribution >= 0.6 is 12.2 Å². The molecular weight excluding hydrogens is 299 g/mol. The van der Waals surface area contributed by atoms with E-state index >= 15 is 0 Å². The highest BCUT2D eigenvalue weighted by atomic mass is 32.1. The van der Waals surface area contributed by atoms with Crippen molar-refractivity contribution in [1.29, 1.82) is 0 Å². The van der Waals surface area contributed by atoms with Gasteiger partial charge in [-0.15, -0.1) is 0 Å². The van der Waals surface area contributed by atoms with E-state index in [0.29, 0.717) is 37.7 Å². The molecule has 1 aromatic carbocycles. The van der Waals surface area contributed by atoms with Crippen LogP contribution in [-0.4, -0.2) is 53.7 Å². The largest absolute Gasteiger partial charge is 0.401 e. The molecule has 2 rings (SSSR count). The highest BCUT2D eigenvalue weighted by Gasteiger charge is 2.32. The average Bonchev–Trinajstić information content (AvgIpc) is 2.40. The van der Waals surface area contributed by atoms with Gasteiger partial charge in [0.25, 0.3) is 0 Å². The fourth-order valence-electron chi connectivity index (χ4n) is 2.50. The van der Waals surface area contributed by atoms with Crippen molar-refractivity contribution in [1.82, 2.24) is 9.80 Å². The summed E-state index contributed by atoms with van der Waals surface area (Å²) in [5.41, 5.74) is 7.55. The summed E-state index contributed by atoms with van der Waals surface area (Å²) in [6, 6.07) is 7.62. The number of alkyl halides is 3. The molecule has 0 aliphatic carbocycles.